The standard InChI is InChI=1S/C20H21NO4S2/c1-13-21-19-9-15(3-4-20(19)26-13)16-7-17(24-2)10-18(8-16)25-11-14-5-6-27(22,23)12-14/h3-4,7-10,14H,5-6,11-12H2,1-2H3. The quantitative estimate of drug-likeness (QED) is 0.642. The molecule has 0 saturated carbocycles. The van der Waals surface area contributed by atoms with Gasteiger partial charge in [-0.15, -0.1) is 11.3 Å². The van der Waals surface area contributed by atoms with E-state index in [0.717, 1.165) is 26.4 Å². The zero-order valence-corrected chi connectivity index (χ0v) is 16.9. The van der Waals surface area contributed by atoms with E-state index in [1.54, 1.807) is 18.4 Å². The van der Waals surface area contributed by atoms with Crippen molar-refractivity contribution < 1.29 is 17.9 Å². The van der Waals surface area contributed by atoms with Gasteiger partial charge >= 0.3 is 0 Å². The van der Waals surface area contributed by atoms with Crippen molar-refractivity contribution in [3.63, 3.8) is 0 Å². The fourth-order valence-corrected chi connectivity index (χ4v) is 6.03. The minimum atomic E-state index is -2.89. The normalized spacial score (nSPS) is 18.7. The SMILES string of the molecule is COc1cc(OCC2CCS(=O)(=O)C2)cc(-c2ccc3sc(C)nc3c2)c1. The Morgan fingerprint density at radius 3 is 2.70 bits per heavy atom. The molecule has 7 heteroatoms. The van der Waals surface area contributed by atoms with Crippen molar-refractivity contribution in [3.8, 4) is 22.6 Å². The predicted octanol–water partition coefficient (Wildman–Crippen LogP) is 4.09. The third kappa shape index (κ3) is 4.09. The van der Waals surface area contributed by atoms with Gasteiger partial charge in [0.2, 0.25) is 0 Å². The zero-order valence-electron chi connectivity index (χ0n) is 15.3. The molecule has 1 aliphatic rings. The van der Waals surface area contributed by atoms with Gasteiger partial charge in [-0.05, 0) is 48.7 Å². The zero-order chi connectivity index (χ0) is 19.0. The number of aryl methyl sites for hydroxylation is 1. The molecule has 4 rings (SSSR count). The molecule has 5 nitrogen and oxygen atoms in total. The first-order valence-electron chi connectivity index (χ1n) is 8.82. The molecule has 142 valence electrons. The lowest BCUT2D eigenvalue weighted by Gasteiger charge is -2.13. The van der Waals surface area contributed by atoms with Gasteiger partial charge in [0.05, 0.1) is 40.4 Å². The number of methoxy groups -OCH3 is 1. The van der Waals surface area contributed by atoms with Crippen LogP contribution in [0.4, 0.5) is 0 Å². The van der Waals surface area contributed by atoms with Gasteiger partial charge in [-0.1, -0.05) is 6.07 Å². The van der Waals surface area contributed by atoms with Crippen LogP contribution in [0.3, 0.4) is 0 Å². The first-order chi connectivity index (χ1) is 12.9. The van der Waals surface area contributed by atoms with Gasteiger partial charge in [0.1, 0.15) is 11.5 Å². The summed E-state index contributed by atoms with van der Waals surface area (Å²) in [5.41, 5.74) is 3.01. The minimum Gasteiger partial charge on any atom is -0.497 e. The molecule has 1 aliphatic heterocycles. The van der Waals surface area contributed by atoms with Crippen molar-refractivity contribution in [2.45, 2.75) is 13.3 Å². The fraction of sp³-hybridized carbons (Fsp3) is 0.350. The molecule has 1 atom stereocenters. The van der Waals surface area contributed by atoms with E-state index < -0.39 is 9.84 Å². The summed E-state index contributed by atoms with van der Waals surface area (Å²) < 4.78 is 35.8. The van der Waals surface area contributed by atoms with Crippen LogP contribution in [0.1, 0.15) is 11.4 Å². The number of sulfone groups is 1. The molecule has 1 unspecified atom stereocenters. The highest BCUT2D eigenvalue weighted by Crippen LogP contribution is 2.33. The number of ether oxygens (including phenoxy) is 2. The van der Waals surface area contributed by atoms with Crippen molar-refractivity contribution in [3.05, 3.63) is 41.4 Å². The predicted molar refractivity (Wildman–Crippen MR) is 109 cm³/mol. The second kappa shape index (κ2) is 7.13. The molecule has 2 heterocycles. The molecule has 0 aliphatic carbocycles. The second-order valence-electron chi connectivity index (χ2n) is 6.89. The van der Waals surface area contributed by atoms with Crippen LogP contribution in [0, 0.1) is 12.8 Å². The number of hydrogen-bond acceptors (Lipinski definition) is 6. The van der Waals surface area contributed by atoms with Gasteiger partial charge in [-0.25, -0.2) is 13.4 Å². The summed E-state index contributed by atoms with van der Waals surface area (Å²) in [6.45, 7) is 2.40. The summed E-state index contributed by atoms with van der Waals surface area (Å²) in [7, 11) is -1.27. The molecular weight excluding hydrogens is 382 g/mol. The van der Waals surface area contributed by atoms with Gasteiger partial charge in [0.25, 0.3) is 0 Å². The third-order valence-corrected chi connectivity index (χ3v) is 7.54. The van der Waals surface area contributed by atoms with Gasteiger partial charge in [0, 0.05) is 12.0 Å². The fourth-order valence-electron chi connectivity index (χ4n) is 3.38. The number of nitrogens with zero attached hydrogens (tertiary/aromatic N) is 1. The van der Waals surface area contributed by atoms with Crippen LogP contribution in [0.15, 0.2) is 36.4 Å². The lowest BCUT2D eigenvalue weighted by molar-refractivity contribution is 0.262. The first kappa shape index (κ1) is 18.3. The molecule has 0 spiro atoms. The molecule has 0 radical (unpaired) electrons. The lowest BCUT2D eigenvalue weighted by Crippen LogP contribution is -2.13. The molecule has 1 saturated heterocycles. The number of fused-ring (bicyclic) bond motifs is 1. The van der Waals surface area contributed by atoms with E-state index in [9.17, 15) is 8.42 Å². The molecule has 1 aromatic heterocycles. The van der Waals surface area contributed by atoms with Crippen LogP contribution < -0.4 is 9.47 Å². The van der Waals surface area contributed by atoms with Gasteiger partial charge in [-0.3, -0.25) is 0 Å². The Morgan fingerprint density at radius 1 is 1.15 bits per heavy atom. The van der Waals surface area contributed by atoms with Crippen molar-refractivity contribution >= 4 is 31.4 Å². The monoisotopic (exact) mass is 403 g/mol. The Kier molecular flexibility index (Phi) is 4.82. The Hall–Kier alpha value is -2.12. The average molecular weight is 404 g/mol. The molecule has 1 fully saturated rings. The molecule has 3 aromatic rings. The summed E-state index contributed by atoms with van der Waals surface area (Å²) in [5.74, 6) is 1.92. The summed E-state index contributed by atoms with van der Waals surface area (Å²) in [6, 6.07) is 12.0. The van der Waals surface area contributed by atoms with E-state index in [0.29, 0.717) is 24.5 Å². The smallest absolute Gasteiger partial charge is 0.150 e. The maximum absolute atomic E-state index is 11.6. The van der Waals surface area contributed by atoms with Crippen molar-refractivity contribution in [1.29, 1.82) is 0 Å². The van der Waals surface area contributed by atoms with Crippen LogP contribution in [-0.2, 0) is 9.84 Å². The van der Waals surface area contributed by atoms with Gasteiger partial charge < -0.3 is 9.47 Å². The maximum atomic E-state index is 11.6. The van der Waals surface area contributed by atoms with Crippen molar-refractivity contribution in [1.82, 2.24) is 4.98 Å². The van der Waals surface area contributed by atoms with Crippen LogP contribution in [-0.4, -0.2) is 38.6 Å². The highest BCUT2D eigenvalue weighted by atomic mass is 32.2. The van der Waals surface area contributed by atoms with Crippen LogP contribution in [0.25, 0.3) is 21.3 Å². The van der Waals surface area contributed by atoms with Gasteiger partial charge in [-0.2, -0.15) is 0 Å². The van der Waals surface area contributed by atoms with Crippen LogP contribution >= 0.6 is 11.3 Å². The third-order valence-electron chi connectivity index (χ3n) is 4.76. The summed E-state index contributed by atoms with van der Waals surface area (Å²) in [4.78, 5) is 4.57. The van der Waals surface area contributed by atoms with Crippen molar-refractivity contribution in [2.24, 2.45) is 5.92 Å². The maximum Gasteiger partial charge on any atom is 0.150 e. The number of thiazole rings is 1. The second-order valence-corrected chi connectivity index (χ2v) is 10.4. The van der Waals surface area contributed by atoms with E-state index in [1.165, 1.54) is 0 Å². The number of benzene rings is 2. The Bertz CT molecular complexity index is 1090. The summed E-state index contributed by atoms with van der Waals surface area (Å²) in [6.07, 6.45) is 0.666. The highest BCUT2D eigenvalue weighted by molar-refractivity contribution is 7.91. The van der Waals surface area contributed by atoms with E-state index in [2.05, 4.69) is 23.2 Å². The average Bonchev–Trinajstić information content (AvgIpc) is 3.19. The van der Waals surface area contributed by atoms with E-state index in [-0.39, 0.29) is 17.4 Å². The molecular formula is C20H21NO4S2. The largest absolute Gasteiger partial charge is 0.497 e. The van der Waals surface area contributed by atoms with Crippen molar-refractivity contribution in [2.75, 3.05) is 25.2 Å². The van der Waals surface area contributed by atoms with E-state index in [4.69, 9.17) is 9.47 Å². The summed E-state index contributed by atoms with van der Waals surface area (Å²) >= 11 is 1.68. The number of aromatic nitrogens is 1. The topological polar surface area (TPSA) is 65.5 Å². The number of hydrogen-bond donors (Lipinski definition) is 0. The van der Waals surface area contributed by atoms with Gasteiger partial charge in [0.15, 0.2) is 9.84 Å². The Labute approximate surface area is 162 Å². The Morgan fingerprint density at radius 2 is 1.96 bits per heavy atom. The summed E-state index contributed by atoms with van der Waals surface area (Å²) in [5, 5.41) is 1.04. The highest BCUT2D eigenvalue weighted by Gasteiger charge is 2.28. The lowest BCUT2D eigenvalue weighted by atomic mass is 10.0. The first-order valence-corrected chi connectivity index (χ1v) is 11.5. The molecule has 27 heavy (non-hydrogen) atoms. The van der Waals surface area contributed by atoms with Crippen LogP contribution in [0.5, 0.6) is 11.5 Å². The molecule has 0 N–H and O–H groups in total. The number of rotatable bonds is 5. The molecule has 0 amide bonds. The van der Waals surface area contributed by atoms with E-state index in [1.807, 2.05) is 25.1 Å². The molecule has 2 aromatic carbocycles. The Balaban J connectivity index is 1.59. The minimum absolute atomic E-state index is 0.0546. The van der Waals surface area contributed by atoms with E-state index >= 15 is 0 Å². The van der Waals surface area contributed by atoms with Crippen LogP contribution in [0.2, 0.25) is 0 Å². The molecule has 0 bridgehead atoms.